The van der Waals surface area contributed by atoms with Crippen molar-refractivity contribution >= 4 is 0 Å². The molecule has 2 nitrogen and oxygen atoms in total. The summed E-state index contributed by atoms with van der Waals surface area (Å²) in [6, 6.07) is 8.31. The molecule has 0 aliphatic heterocycles. The van der Waals surface area contributed by atoms with Gasteiger partial charge in [-0.25, -0.2) is 0 Å². The Bertz CT molecular complexity index is 305. The zero-order valence-electron chi connectivity index (χ0n) is 9.33. The molecule has 0 amide bonds. The van der Waals surface area contributed by atoms with Crippen LogP contribution in [-0.4, -0.2) is 13.2 Å². The van der Waals surface area contributed by atoms with Crippen molar-refractivity contribution in [2.24, 2.45) is 0 Å². The second-order valence-electron chi connectivity index (χ2n) is 4.16. The molecule has 15 heavy (non-hydrogen) atoms. The number of ether oxygens (including phenoxy) is 1. The summed E-state index contributed by atoms with van der Waals surface area (Å²) in [5.74, 6) is 1.05. The number of para-hydroxylation sites is 1. The normalized spacial score (nSPS) is 16.9. The smallest absolute Gasteiger partial charge is 0.124 e. The van der Waals surface area contributed by atoms with Crippen LogP contribution >= 0.6 is 0 Å². The van der Waals surface area contributed by atoms with Crippen LogP contribution in [0.5, 0.6) is 5.75 Å². The van der Waals surface area contributed by atoms with Gasteiger partial charge in [0.05, 0.1) is 6.10 Å². The minimum atomic E-state index is 0.447. The van der Waals surface area contributed by atoms with Crippen LogP contribution in [0.15, 0.2) is 24.3 Å². The maximum atomic E-state index is 6.02. The molecule has 0 spiro atoms. The van der Waals surface area contributed by atoms with E-state index >= 15 is 0 Å². The fourth-order valence-electron chi connectivity index (χ4n) is 2.14. The number of nitrogens with one attached hydrogen (secondary N) is 1. The second kappa shape index (κ2) is 5.17. The first kappa shape index (κ1) is 10.5. The molecule has 1 aliphatic rings. The van der Waals surface area contributed by atoms with Gasteiger partial charge < -0.3 is 10.1 Å². The van der Waals surface area contributed by atoms with Gasteiger partial charge in [-0.1, -0.05) is 18.2 Å². The number of hydrogen-bond acceptors (Lipinski definition) is 2. The van der Waals surface area contributed by atoms with Crippen LogP contribution in [-0.2, 0) is 6.54 Å². The summed E-state index contributed by atoms with van der Waals surface area (Å²) >= 11 is 0. The maximum absolute atomic E-state index is 6.02. The fourth-order valence-corrected chi connectivity index (χ4v) is 2.14. The Morgan fingerprint density at radius 1 is 1.27 bits per heavy atom. The number of hydrogen-bond donors (Lipinski definition) is 1. The number of rotatable bonds is 4. The summed E-state index contributed by atoms with van der Waals surface area (Å²) in [5, 5.41) is 3.17. The van der Waals surface area contributed by atoms with Gasteiger partial charge >= 0.3 is 0 Å². The zero-order chi connectivity index (χ0) is 10.5. The third kappa shape index (κ3) is 2.72. The van der Waals surface area contributed by atoms with E-state index in [-0.39, 0.29) is 0 Å². The van der Waals surface area contributed by atoms with E-state index in [9.17, 15) is 0 Å². The Morgan fingerprint density at radius 2 is 2.00 bits per heavy atom. The molecule has 1 aromatic rings. The first-order valence-electron chi connectivity index (χ1n) is 5.79. The summed E-state index contributed by atoms with van der Waals surface area (Å²) in [5.41, 5.74) is 1.26. The largest absolute Gasteiger partial charge is 0.490 e. The van der Waals surface area contributed by atoms with Crippen molar-refractivity contribution in [1.82, 2.24) is 5.32 Å². The monoisotopic (exact) mass is 205 g/mol. The molecule has 0 atom stereocenters. The predicted octanol–water partition coefficient (Wildman–Crippen LogP) is 2.73. The van der Waals surface area contributed by atoms with Gasteiger partial charge in [0.2, 0.25) is 0 Å². The molecule has 1 N–H and O–H groups in total. The highest BCUT2D eigenvalue weighted by Crippen LogP contribution is 2.26. The van der Waals surface area contributed by atoms with E-state index in [2.05, 4.69) is 23.5 Å². The van der Waals surface area contributed by atoms with E-state index < -0.39 is 0 Å². The zero-order valence-corrected chi connectivity index (χ0v) is 9.33. The highest BCUT2D eigenvalue weighted by Gasteiger charge is 2.17. The third-order valence-electron chi connectivity index (χ3n) is 2.94. The molecule has 1 fully saturated rings. The van der Waals surface area contributed by atoms with Crippen molar-refractivity contribution in [3.05, 3.63) is 29.8 Å². The average Bonchev–Trinajstić information content (AvgIpc) is 2.74. The summed E-state index contributed by atoms with van der Waals surface area (Å²) < 4.78 is 6.02. The van der Waals surface area contributed by atoms with E-state index in [0.717, 1.165) is 12.3 Å². The molecular weight excluding hydrogens is 186 g/mol. The molecule has 0 radical (unpaired) electrons. The minimum absolute atomic E-state index is 0.447. The summed E-state index contributed by atoms with van der Waals surface area (Å²) in [7, 11) is 1.96. The van der Waals surface area contributed by atoms with Gasteiger partial charge in [-0.15, -0.1) is 0 Å². The lowest BCUT2D eigenvalue weighted by atomic mass is 10.2. The summed E-state index contributed by atoms with van der Waals surface area (Å²) in [6.45, 7) is 0.878. The van der Waals surface area contributed by atoms with Gasteiger partial charge in [0.25, 0.3) is 0 Å². The van der Waals surface area contributed by atoms with E-state index in [4.69, 9.17) is 4.74 Å². The molecule has 1 aromatic carbocycles. The maximum Gasteiger partial charge on any atom is 0.124 e. The van der Waals surface area contributed by atoms with Crippen molar-refractivity contribution in [2.75, 3.05) is 7.05 Å². The minimum Gasteiger partial charge on any atom is -0.490 e. The van der Waals surface area contributed by atoms with Gasteiger partial charge in [0.1, 0.15) is 5.75 Å². The highest BCUT2D eigenvalue weighted by atomic mass is 16.5. The molecule has 82 valence electrons. The van der Waals surface area contributed by atoms with Crippen molar-refractivity contribution in [2.45, 2.75) is 38.3 Å². The summed E-state index contributed by atoms with van der Waals surface area (Å²) in [6.07, 6.45) is 5.52. The van der Waals surface area contributed by atoms with E-state index in [1.54, 1.807) is 0 Å². The Morgan fingerprint density at radius 3 is 2.73 bits per heavy atom. The van der Waals surface area contributed by atoms with Crippen LogP contribution in [0.4, 0.5) is 0 Å². The van der Waals surface area contributed by atoms with E-state index in [1.807, 2.05) is 13.1 Å². The molecule has 2 heteroatoms. The SMILES string of the molecule is CNCc1ccccc1OC1CCCC1. The van der Waals surface area contributed by atoms with Crippen LogP contribution in [0.25, 0.3) is 0 Å². The second-order valence-corrected chi connectivity index (χ2v) is 4.16. The van der Waals surface area contributed by atoms with Gasteiger partial charge in [0.15, 0.2) is 0 Å². The molecule has 1 aliphatic carbocycles. The van der Waals surface area contributed by atoms with Crippen molar-refractivity contribution in [1.29, 1.82) is 0 Å². The quantitative estimate of drug-likeness (QED) is 0.816. The third-order valence-corrected chi connectivity index (χ3v) is 2.94. The van der Waals surface area contributed by atoms with Crippen LogP contribution in [0, 0.1) is 0 Å². The lowest BCUT2D eigenvalue weighted by Gasteiger charge is -2.16. The molecule has 0 heterocycles. The van der Waals surface area contributed by atoms with E-state index in [1.165, 1.54) is 31.2 Å². The molecule has 0 aromatic heterocycles. The lowest BCUT2D eigenvalue weighted by molar-refractivity contribution is 0.207. The lowest BCUT2D eigenvalue weighted by Crippen LogP contribution is -2.14. The van der Waals surface area contributed by atoms with E-state index in [0.29, 0.717) is 6.10 Å². The van der Waals surface area contributed by atoms with Gasteiger partial charge in [-0.05, 0) is 38.8 Å². The fraction of sp³-hybridized carbons (Fsp3) is 0.538. The Labute approximate surface area is 91.6 Å². The molecule has 0 bridgehead atoms. The van der Waals surface area contributed by atoms with Crippen LogP contribution < -0.4 is 10.1 Å². The van der Waals surface area contributed by atoms with Crippen LogP contribution in [0.1, 0.15) is 31.2 Å². The molecule has 0 saturated heterocycles. The first-order valence-corrected chi connectivity index (χ1v) is 5.79. The molecule has 0 unspecified atom stereocenters. The van der Waals surface area contributed by atoms with Crippen LogP contribution in [0.3, 0.4) is 0 Å². The molecule has 1 saturated carbocycles. The van der Waals surface area contributed by atoms with Crippen LogP contribution in [0.2, 0.25) is 0 Å². The van der Waals surface area contributed by atoms with Crippen molar-refractivity contribution < 1.29 is 4.74 Å². The van der Waals surface area contributed by atoms with Crippen molar-refractivity contribution in [3.8, 4) is 5.75 Å². The average molecular weight is 205 g/mol. The molecule has 2 rings (SSSR count). The Balaban J connectivity index is 2.05. The first-order chi connectivity index (χ1) is 7.40. The topological polar surface area (TPSA) is 21.3 Å². The molecular formula is C13H19NO. The van der Waals surface area contributed by atoms with Gasteiger partial charge in [-0.2, -0.15) is 0 Å². The van der Waals surface area contributed by atoms with Gasteiger partial charge in [-0.3, -0.25) is 0 Å². The Hall–Kier alpha value is -1.02. The highest BCUT2D eigenvalue weighted by molar-refractivity contribution is 5.33. The standard InChI is InChI=1S/C13H19NO/c1-14-10-11-6-2-5-9-13(11)15-12-7-3-4-8-12/h2,5-6,9,12,14H,3-4,7-8,10H2,1H3. The predicted molar refractivity (Wildman–Crippen MR) is 62.1 cm³/mol. The van der Waals surface area contributed by atoms with Crippen molar-refractivity contribution in [3.63, 3.8) is 0 Å². The number of benzene rings is 1. The Kier molecular flexibility index (Phi) is 3.62. The van der Waals surface area contributed by atoms with Gasteiger partial charge in [0, 0.05) is 12.1 Å². The summed E-state index contributed by atoms with van der Waals surface area (Å²) in [4.78, 5) is 0.